The minimum Gasteiger partial charge on any atom is -0.356 e. The Morgan fingerprint density at radius 3 is 2.17 bits per heavy atom. The number of guanidine groups is 1. The highest BCUT2D eigenvalue weighted by Crippen LogP contribution is 2.30. The minimum absolute atomic E-state index is 0. The average Bonchev–Trinajstić information content (AvgIpc) is 3.01. The van der Waals surface area contributed by atoms with E-state index in [9.17, 15) is 21.6 Å². The summed E-state index contributed by atoms with van der Waals surface area (Å²) in [6.07, 6.45) is 3.10. The van der Waals surface area contributed by atoms with Gasteiger partial charge in [0.15, 0.2) is 5.96 Å². The van der Waals surface area contributed by atoms with Gasteiger partial charge in [0, 0.05) is 39.8 Å². The summed E-state index contributed by atoms with van der Waals surface area (Å²) < 4.78 is 60.8. The van der Waals surface area contributed by atoms with Crippen molar-refractivity contribution in [2.24, 2.45) is 10.9 Å². The summed E-state index contributed by atoms with van der Waals surface area (Å²) in [5, 5.41) is 3.25. The van der Waals surface area contributed by atoms with Crippen LogP contribution in [0, 0.1) is 5.92 Å². The number of piperidine rings is 1. The molecule has 2 rings (SSSR count). The van der Waals surface area contributed by atoms with E-state index in [1.165, 1.54) is 0 Å². The summed E-state index contributed by atoms with van der Waals surface area (Å²) in [5.74, 6) is 0.960. The zero-order valence-corrected chi connectivity index (χ0v) is 16.7. The van der Waals surface area contributed by atoms with E-state index >= 15 is 0 Å². The molecule has 1 N–H and O–H groups in total. The van der Waals surface area contributed by atoms with Crippen LogP contribution in [0.5, 0.6) is 0 Å². The highest BCUT2D eigenvalue weighted by atomic mass is 127. The van der Waals surface area contributed by atoms with Gasteiger partial charge in [0.05, 0.1) is 0 Å². The molecule has 0 aromatic heterocycles. The molecule has 6 nitrogen and oxygen atoms in total. The number of hydrogen-bond acceptors (Lipinski definition) is 3. The third-order valence-corrected chi connectivity index (χ3v) is 6.00. The van der Waals surface area contributed by atoms with Crippen LogP contribution in [-0.4, -0.2) is 68.9 Å². The molecular weight excluding hydrogens is 460 g/mol. The Morgan fingerprint density at radius 1 is 1.17 bits per heavy atom. The molecule has 0 amide bonds. The minimum atomic E-state index is -5.21. The van der Waals surface area contributed by atoms with E-state index in [1.807, 2.05) is 0 Å². The second-order valence-electron chi connectivity index (χ2n) is 5.92. The van der Waals surface area contributed by atoms with Crippen LogP contribution in [0.2, 0.25) is 0 Å². The zero-order chi connectivity index (χ0) is 17.1. The zero-order valence-electron chi connectivity index (χ0n) is 13.5. The van der Waals surface area contributed by atoms with Crippen LogP contribution in [-0.2, 0) is 10.0 Å². The van der Waals surface area contributed by atoms with Crippen LogP contribution in [0.3, 0.4) is 0 Å². The maximum absolute atomic E-state index is 12.5. The lowest BCUT2D eigenvalue weighted by Gasteiger charge is -2.32. The second-order valence-corrected chi connectivity index (χ2v) is 7.84. The summed E-state index contributed by atoms with van der Waals surface area (Å²) >= 11 is 0. The van der Waals surface area contributed by atoms with Gasteiger partial charge in [-0.05, 0) is 31.6 Å². The van der Waals surface area contributed by atoms with Gasteiger partial charge < -0.3 is 10.2 Å². The molecule has 2 aliphatic rings. The van der Waals surface area contributed by atoms with E-state index in [2.05, 4.69) is 15.2 Å². The van der Waals surface area contributed by atoms with Crippen LogP contribution in [0.15, 0.2) is 4.99 Å². The van der Waals surface area contributed by atoms with E-state index in [0.717, 1.165) is 31.9 Å². The smallest absolute Gasteiger partial charge is 0.356 e. The number of hydrogen-bond donors (Lipinski definition) is 1. The van der Waals surface area contributed by atoms with Gasteiger partial charge in [0.1, 0.15) is 0 Å². The number of alkyl halides is 3. The van der Waals surface area contributed by atoms with Gasteiger partial charge in [-0.2, -0.15) is 17.5 Å². The normalized spacial score (nSPS) is 21.7. The predicted molar refractivity (Wildman–Crippen MR) is 96.9 cm³/mol. The molecule has 0 radical (unpaired) electrons. The van der Waals surface area contributed by atoms with Gasteiger partial charge in [-0.15, -0.1) is 24.0 Å². The van der Waals surface area contributed by atoms with Gasteiger partial charge in [-0.25, -0.2) is 8.42 Å². The van der Waals surface area contributed by atoms with Crippen molar-refractivity contribution < 1.29 is 21.6 Å². The summed E-state index contributed by atoms with van der Waals surface area (Å²) in [7, 11) is -3.48. The van der Waals surface area contributed by atoms with Crippen LogP contribution in [0.4, 0.5) is 13.2 Å². The van der Waals surface area contributed by atoms with Gasteiger partial charge in [0.25, 0.3) is 0 Å². The molecule has 0 unspecified atom stereocenters. The molecule has 24 heavy (non-hydrogen) atoms. The molecule has 2 fully saturated rings. The van der Waals surface area contributed by atoms with E-state index in [-0.39, 0.29) is 43.0 Å². The summed E-state index contributed by atoms with van der Waals surface area (Å²) in [4.78, 5) is 6.37. The molecule has 0 aliphatic carbocycles. The van der Waals surface area contributed by atoms with E-state index in [0.29, 0.717) is 23.7 Å². The van der Waals surface area contributed by atoms with Crippen molar-refractivity contribution >= 4 is 40.0 Å². The first kappa shape index (κ1) is 21.7. The molecular formula is C13H24F3IN4O2S. The first-order chi connectivity index (χ1) is 10.8. The van der Waals surface area contributed by atoms with Crippen LogP contribution in [0.25, 0.3) is 0 Å². The Labute approximate surface area is 157 Å². The molecule has 0 saturated carbocycles. The molecule has 2 heterocycles. The molecule has 0 aromatic carbocycles. The molecule has 0 bridgehead atoms. The first-order valence-corrected chi connectivity index (χ1v) is 9.21. The SMILES string of the molecule is CN=C(NCC1CCN(S(=O)(=O)C(F)(F)F)CC1)N1CCCC1.I. The topological polar surface area (TPSA) is 65.0 Å². The van der Waals surface area contributed by atoms with Crippen LogP contribution >= 0.6 is 24.0 Å². The molecule has 0 spiro atoms. The van der Waals surface area contributed by atoms with Crippen molar-refractivity contribution in [3.8, 4) is 0 Å². The van der Waals surface area contributed by atoms with Gasteiger partial charge in [-0.1, -0.05) is 0 Å². The lowest BCUT2D eigenvalue weighted by atomic mass is 9.98. The Bertz CT molecular complexity index is 528. The number of halogens is 4. The van der Waals surface area contributed by atoms with Gasteiger partial charge >= 0.3 is 15.5 Å². The standard InChI is InChI=1S/C13H23F3N4O2S.HI/c1-17-12(19-6-2-3-7-19)18-10-11-4-8-20(9-5-11)23(21,22)13(14,15)16;/h11H,2-10H2,1H3,(H,17,18);1H. The van der Waals surface area contributed by atoms with Gasteiger partial charge in [-0.3, -0.25) is 4.99 Å². The fraction of sp³-hybridized carbons (Fsp3) is 0.923. The highest BCUT2D eigenvalue weighted by molar-refractivity contribution is 14.0. The quantitative estimate of drug-likeness (QED) is 0.378. The van der Waals surface area contributed by atoms with E-state index in [4.69, 9.17) is 0 Å². The number of nitrogens with one attached hydrogen (secondary N) is 1. The number of nitrogens with zero attached hydrogens (tertiary/aromatic N) is 3. The van der Waals surface area contributed by atoms with Crippen molar-refractivity contribution in [1.29, 1.82) is 0 Å². The third-order valence-electron chi connectivity index (χ3n) is 4.37. The average molecular weight is 484 g/mol. The monoisotopic (exact) mass is 484 g/mol. The van der Waals surface area contributed by atoms with Crippen molar-refractivity contribution in [3.05, 3.63) is 0 Å². The largest absolute Gasteiger partial charge is 0.511 e. The lowest BCUT2D eigenvalue weighted by Crippen LogP contribution is -2.47. The van der Waals surface area contributed by atoms with Gasteiger partial charge in [0.2, 0.25) is 0 Å². The first-order valence-electron chi connectivity index (χ1n) is 7.77. The van der Waals surface area contributed by atoms with Crippen molar-refractivity contribution in [1.82, 2.24) is 14.5 Å². The summed E-state index contributed by atoms with van der Waals surface area (Å²) in [5.41, 5.74) is -5.21. The van der Waals surface area contributed by atoms with Crippen LogP contribution < -0.4 is 5.32 Å². The second kappa shape index (κ2) is 8.88. The highest BCUT2D eigenvalue weighted by Gasteiger charge is 2.50. The molecule has 0 aromatic rings. The molecule has 2 aliphatic heterocycles. The lowest BCUT2D eigenvalue weighted by molar-refractivity contribution is -0.0496. The Morgan fingerprint density at radius 2 is 1.71 bits per heavy atom. The Hall–Kier alpha value is -0.300. The summed E-state index contributed by atoms with van der Waals surface area (Å²) in [6, 6.07) is 0. The number of aliphatic imine (C=N–C) groups is 1. The van der Waals surface area contributed by atoms with Crippen molar-refractivity contribution in [2.75, 3.05) is 39.8 Å². The predicted octanol–water partition coefficient (Wildman–Crippen LogP) is 1.84. The van der Waals surface area contributed by atoms with Crippen LogP contribution in [0.1, 0.15) is 25.7 Å². The van der Waals surface area contributed by atoms with Crippen molar-refractivity contribution in [3.63, 3.8) is 0 Å². The molecule has 2 saturated heterocycles. The maximum Gasteiger partial charge on any atom is 0.511 e. The third kappa shape index (κ3) is 5.10. The van der Waals surface area contributed by atoms with E-state index in [1.54, 1.807) is 7.05 Å². The fourth-order valence-corrected chi connectivity index (χ4v) is 3.98. The molecule has 11 heteroatoms. The Kier molecular flexibility index (Phi) is 8.04. The number of likely N-dealkylation sites (tertiary alicyclic amines) is 1. The van der Waals surface area contributed by atoms with Crippen molar-refractivity contribution in [2.45, 2.75) is 31.2 Å². The maximum atomic E-state index is 12.5. The Balaban J connectivity index is 0.00000288. The molecule has 0 atom stereocenters. The summed E-state index contributed by atoms with van der Waals surface area (Å²) in [6.45, 7) is 2.35. The van der Waals surface area contributed by atoms with E-state index < -0.39 is 15.5 Å². The number of rotatable bonds is 3. The number of sulfonamides is 1. The molecule has 142 valence electrons. The fourth-order valence-electron chi connectivity index (χ4n) is 3.00.